The SMILES string of the molecule is CC(=O)CSSCc1cccc(F)c1C. The third-order valence-corrected chi connectivity index (χ3v) is 4.27. The lowest BCUT2D eigenvalue weighted by Gasteiger charge is -2.05. The van der Waals surface area contributed by atoms with Crippen molar-refractivity contribution in [2.24, 2.45) is 0 Å². The molecular weight excluding hydrogens is 231 g/mol. The molecule has 0 radical (unpaired) electrons. The Morgan fingerprint density at radius 3 is 2.80 bits per heavy atom. The first kappa shape index (κ1) is 12.6. The Kier molecular flexibility index (Phi) is 5.19. The molecule has 1 rings (SSSR count). The fourth-order valence-electron chi connectivity index (χ4n) is 1.04. The number of Topliss-reactive ketones (excluding diaryl/α,β-unsaturated/α-hetero) is 1. The topological polar surface area (TPSA) is 17.1 Å². The van der Waals surface area contributed by atoms with Gasteiger partial charge in [0.1, 0.15) is 11.6 Å². The summed E-state index contributed by atoms with van der Waals surface area (Å²) >= 11 is 0. The quantitative estimate of drug-likeness (QED) is 0.582. The van der Waals surface area contributed by atoms with Crippen LogP contribution in [0.15, 0.2) is 18.2 Å². The Morgan fingerprint density at radius 1 is 1.40 bits per heavy atom. The third kappa shape index (κ3) is 4.26. The number of hydrogen-bond donors (Lipinski definition) is 0. The van der Waals surface area contributed by atoms with Crippen LogP contribution in [-0.2, 0) is 10.5 Å². The lowest BCUT2D eigenvalue weighted by Crippen LogP contribution is -1.92. The molecule has 0 saturated carbocycles. The molecule has 1 aromatic rings. The van der Waals surface area contributed by atoms with Gasteiger partial charge in [0.05, 0.1) is 5.75 Å². The van der Waals surface area contributed by atoms with E-state index in [2.05, 4.69) is 0 Å². The van der Waals surface area contributed by atoms with Crippen LogP contribution in [0.3, 0.4) is 0 Å². The summed E-state index contributed by atoms with van der Waals surface area (Å²) in [6.45, 7) is 3.35. The molecule has 4 heteroatoms. The fourth-order valence-corrected chi connectivity index (χ4v) is 3.19. The van der Waals surface area contributed by atoms with Gasteiger partial charge >= 0.3 is 0 Å². The maximum absolute atomic E-state index is 13.1. The Hall–Kier alpha value is -0.480. The Labute approximate surface area is 97.2 Å². The largest absolute Gasteiger partial charge is 0.299 e. The van der Waals surface area contributed by atoms with E-state index in [4.69, 9.17) is 0 Å². The third-order valence-electron chi connectivity index (χ3n) is 1.94. The summed E-state index contributed by atoms with van der Waals surface area (Å²) in [5, 5.41) is 0. The van der Waals surface area contributed by atoms with Gasteiger partial charge in [-0.1, -0.05) is 33.7 Å². The van der Waals surface area contributed by atoms with Gasteiger partial charge in [-0.3, -0.25) is 4.79 Å². The average Bonchev–Trinajstić information content (AvgIpc) is 2.18. The predicted molar refractivity (Wildman–Crippen MR) is 65.6 cm³/mol. The molecule has 0 aliphatic heterocycles. The number of hydrogen-bond acceptors (Lipinski definition) is 3. The van der Waals surface area contributed by atoms with Crippen LogP contribution in [0.2, 0.25) is 0 Å². The summed E-state index contributed by atoms with van der Waals surface area (Å²) in [7, 11) is 3.10. The van der Waals surface area contributed by atoms with Crippen molar-refractivity contribution in [3.8, 4) is 0 Å². The van der Waals surface area contributed by atoms with Crippen LogP contribution in [0.5, 0.6) is 0 Å². The highest BCUT2D eigenvalue weighted by Crippen LogP contribution is 2.27. The van der Waals surface area contributed by atoms with Crippen LogP contribution in [0.4, 0.5) is 4.39 Å². The minimum absolute atomic E-state index is 0.162. The molecule has 0 aliphatic carbocycles. The lowest BCUT2D eigenvalue weighted by atomic mass is 10.1. The number of halogens is 1. The van der Waals surface area contributed by atoms with Crippen LogP contribution in [0.25, 0.3) is 0 Å². The molecule has 1 aromatic carbocycles. The molecule has 0 amide bonds. The lowest BCUT2D eigenvalue weighted by molar-refractivity contribution is -0.114. The summed E-state index contributed by atoms with van der Waals surface area (Å²) in [5.74, 6) is 1.26. The molecule has 0 heterocycles. The standard InChI is InChI=1S/C11H13FOS2/c1-8(13)6-14-15-7-10-4-3-5-11(12)9(10)2/h3-5H,6-7H2,1-2H3. The normalized spacial score (nSPS) is 10.3. The number of benzene rings is 1. The van der Waals surface area contributed by atoms with Crippen molar-refractivity contribution in [1.29, 1.82) is 0 Å². The van der Waals surface area contributed by atoms with E-state index in [0.29, 0.717) is 11.3 Å². The van der Waals surface area contributed by atoms with E-state index in [-0.39, 0.29) is 11.6 Å². The van der Waals surface area contributed by atoms with Gasteiger partial charge in [-0.2, -0.15) is 0 Å². The monoisotopic (exact) mass is 244 g/mol. The predicted octanol–water partition coefficient (Wildman–Crippen LogP) is 3.60. The molecule has 0 spiro atoms. The van der Waals surface area contributed by atoms with E-state index in [0.717, 1.165) is 11.3 Å². The molecule has 0 fully saturated rings. The summed E-state index contributed by atoms with van der Waals surface area (Å²) < 4.78 is 13.1. The van der Waals surface area contributed by atoms with Crippen molar-refractivity contribution < 1.29 is 9.18 Å². The molecular formula is C11H13FOS2. The van der Waals surface area contributed by atoms with Gasteiger partial charge in [-0.05, 0) is 31.0 Å². The second-order valence-corrected chi connectivity index (χ2v) is 5.71. The van der Waals surface area contributed by atoms with Crippen molar-refractivity contribution in [2.45, 2.75) is 19.6 Å². The summed E-state index contributed by atoms with van der Waals surface area (Å²) in [6, 6.07) is 5.10. The van der Waals surface area contributed by atoms with Crippen LogP contribution in [0, 0.1) is 12.7 Å². The van der Waals surface area contributed by atoms with Crippen molar-refractivity contribution in [2.75, 3.05) is 5.75 Å². The van der Waals surface area contributed by atoms with E-state index in [1.807, 2.05) is 6.07 Å². The minimum Gasteiger partial charge on any atom is -0.299 e. The zero-order valence-electron chi connectivity index (χ0n) is 8.75. The van der Waals surface area contributed by atoms with Gasteiger partial charge in [-0.25, -0.2) is 4.39 Å². The number of ketones is 1. The zero-order chi connectivity index (χ0) is 11.3. The first-order valence-corrected chi connectivity index (χ1v) is 7.08. The molecule has 0 aliphatic rings. The molecule has 0 unspecified atom stereocenters. The molecule has 0 saturated heterocycles. The molecule has 0 N–H and O–H groups in total. The van der Waals surface area contributed by atoms with Gasteiger partial charge in [0.15, 0.2) is 0 Å². The molecule has 0 atom stereocenters. The molecule has 0 bridgehead atoms. The smallest absolute Gasteiger partial charge is 0.140 e. The Balaban J connectivity index is 2.44. The molecule has 15 heavy (non-hydrogen) atoms. The van der Waals surface area contributed by atoms with Gasteiger partial charge < -0.3 is 0 Å². The van der Waals surface area contributed by atoms with Crippen LogP contribution >= 0.6 is 21.6 Å². The highest BCUT2D eigenvalue weighted by Gasteiger charge is 2.03. The maximum Gasteiger partial charge on any atom is 0.140 e. The highest BCUT2D eigenvalue weighted by atomic mass is 33.1. The average molecular weight is 244 g/mol. The maximum atomic E-state index is 13.1. The summed E-state index contributed by atoms with van der Waals surface area (Å²) in [5.41, 5.74) is 1.70. The van der Waals surface area contributed by atoms with E-state index in [9.17, 15) is 9.18 Å². The minimum atomic E-state index is -0.162. The molecule has 82 valence electrons. The highest BCUT2D eigenvalue weighted by molar-refractivity contribution is 8.76. The van der Waals surface area contributed by atoms with Gasteiger partial charge in [0.25, 0.3) is 0 Å². The molecule has 0 aromatic heterocycles. The van der Waals surface area contributed by atoms with Crippen LogP contribution in [-0.4, -0.2) is 11.5 Å². The van der Waals surface area contributed by atoms with Gasteiger partial charge in [-0.15, -0.1) is 0 Å². The van der Waals surface area contributed by atoms with Crippen molar-refractivity contribution in [3.05, 3.63) is 35.1 Å². The van der Waals surface area contributed by atoms with E-state index in [1.165, 1.54) is 16.9 Å². The number of carbonyl (C=O) groups excluding carboxylic acids is 1. The number of rotatable bonds is 5. The summed E-state index contributed by atoms with van der Waals surface area (Å²) in [4.78, 5) is 10.7. The van der Waals surface area contributed by atoms with E-state index in [1.54, 1.807) is 30.7 Å². The van der Waals surface area contributed by atoms with Gasteiger partial charge in [0.2, 0.25) is 0 Å². The van der Waals surface area contributed by atoms with Crippen LogP contribution in [0.1, 0.15) is 18.1 Å². The van der Waals surface area contributed by atoms with Crippen molar-refractivity contribution in [1.82, 2.24) is 0 Å². The van der Waals surface area contributed by atoms with Crippen molar-refractivity contribution >= 4 is 27.4 Å². The number of carbonyl (C=O) groups is 1. The second-order valence-electron chi connectivity index (χ2n) is 3.25. The van der Waals surface area contributed by atoms with E-state index >= 15 is 0 Å². The zero-order valence-corrected chi connectivity index (χ0v) is 10.4. The van der Waals surface area contributed by atoms with Crippen LogP contribution < -0.4 is 0 Å². The first-order valence-electron chi connectivity index (χ1n) is 4.59. The second kappa shape index (κ2) is 6.18. The van der Waals surface area contributed by atoms with Gasteiger partial charge in [0, 0.05) is 5.75 Å². The fraction of sp³-hybridized carbons (Fsp3) is 0.364. The Bertz CT molecular complexity index is 352. The Morgan fingerprint density at radius 2 is 2.13 bits per heavy atom. The molecule has 1 nitrogen and oxygen atoms in total. The van der Waals surface area contributed by atoms with Crippen molar-refractivity contribution in [3.63, 3.8) is 0 Å². The summed E-state index contributed by atoms with van der Waals surface area (Å²) in [6.07, 6.45) is 0. The first-order chi connectivity index (χ1) is 7.11. The van der Waals surface area contributed by atoms with E-state index < -0.39 is 0 Å².